The number of nitrogens with zero attached hydrogens (tertiary/aromatic N) is 5. The maximum atomic E-state index is 13.6. The fourth-order valence-electron chi connectivity index (χ4n) is 4.11. The molecule has 4 aromatic rings. The molecule has 0 bridgehead atoms. The zero-order chi connectivity index (χ0) is 20.0. The first kappa shape index (κ1) is 17.8. The van der Waals surface area contributed by atoms with E-state index in [0.29, 0.717) is 17.2 Å². The normalized spacial score (nSPS) is 15.3. The SMILES string of the molecule is Cn1cc(-c2ccc(F)c(F)c2)nc1C1CCN(c2ncnc3[nH]ccc23)CC1. The molecule has 3 aromatic heterocycles. The summed E-state index contributed by atoms with van der Waals surface area (Å²) < 4.78 is 28.8. The Morgan fingerprint density at radius 2 is 1.90 bits per heavy atom. The standard InChI is InChI=1S/C21H20F2N6/c1-28-11-18(14-2-3-16(22)17(23)10-14)27-20(28)13-5-8-29(9-6-13)21-15-4-7-24-19(15)25-12-26-21/h2-4,7,10-13H,5-6,8-9H2,1H3,(H,24,25,26). The quantitative estimate of drug-likeness (QED) is 0.570. The van der Waals surface area contributed by atoms with Gasteiger partial charge in [0.2, 0.25) is 0 Å². The summed E-state index contributed by atoms with van der Waals surface area (Å²) >= 11 is 0. The molecule has 0 radical (unpaired) electrons. The van der Waals surface area contributed by atoms with Crippen molar-refractivity contribution in [3.05, 3.63) is 60.4 Å². The number of aromatic nitrogens is 5. The number of hydrogen-bond acceptors (Lipinski definition) is 4. The molecule has 29 heavy (non-hydrogen) atoms. The lowest BCUT2D eigenvalue weighted by atomic mass is 9.96. The summed E-state index contributed by atoms with van der Waals surface area (Å²) in [6.45, 7) is 1.74. The van der Waals surface area contributed by atoms with Crippen LogP contribution >= 0.6 is 0 Å². The number of hydrogen-bond donors (Lipinski definition) is 1. The van der Waals surface area contributed by atoms with Crippen LogP contribution in [0.1, 0.15) is 24.6 Å². The van der Waals surface area contributed by atoms with E-state index in [1.807, 2.05) is 30.1 Å². The van der Waals surface area contributed by atoms with E-state index >= 15 is 0 Å². The minimum atomic E-state index is -0.857. The Kier molecular flexibility index (Phi) is 4.26. The zero-order valence-electron chi connectivity index (χ0n) is 15.9. The van der Waals surface area contributed by atoms with Gasteiger partial charge in [0.15, 0.2) is 11.6 Å². The van der Waals surface area contributed by atoms with Gasteiger partial charge in [0, 0.05) is 44.0 Å². The molecule has 0 atom stereocenters. The number of rotatable bonds is 3. The Bertz CT molecular complexity index is 1170. The number of H-pyrrole nitrogens is 1. The Morgan fingerprint density at radius 3 is 2.69 bits per heavy atom. The van der Waals surface area contributed by atoms with Gasteiger partial charge in [-0.15, -0.1) is 0 Å². The smallest absolute Gasteiger partial charge is 0.159 e. The summed E-state index contributed by atoms with van der Waals surface area (Å²) in [5.41, 5.74) is 2.09. The number of imidazole rings is 1. The van der Waals surface area contributed by atoms with E-state index in [1.165, 1.54) is 6.07 Å². The van der Waals surface area contributed by atoms with E-state index in [9.17, 15) is 8.78 Å². The third-order valence-electron chi connectivity index (χ3n) is 5.62. The minimum Gasteiger partial charge on any atom is -0.356 e. The fourth-order valence-corrected chi connectivity index (χ4v) is 4.11. The van der Waals surface area contributed by atoms with Crippen LogP contribution in [0, 0.1) is 11.6 Å². The maximum Gasteiger partial charge on any atom is 0.159 e. The summed E-state index contributed by atoms with van der Waals surface area (Å²) in [7, 11) is 1.95. The second kappa shape index (κ2) is 6.95. The highest BCUT2D eigenvalue weighted by molar-refractivity contribution is 5.87. The molecule has 6 nitrogen and oxygen atoms in total. The van der Waals surface area contributed by atoms with Crippen molar-refractivity contribution in [2.75, 3.05) is 18.0 Å². The lowest BCUT2D eigenvalue weighted by Crippen LogP contribution is -2.34. The van der Waals surface area contributed by atoms with Gasteiger partial charge in [-0.1, -0.05) is 0 Å². The topological polar surface area (TPSA) is 62.6 Å². The monoisotopic (exact) mass is 394 g/mol. The third kappa shape index (κ3) is 3.14. The van der Waals surface area contributed by atoms with Gasteiger partial charge in [-0.05, 0) is 37.1 Å². The van der Waals surface area contributed by atoms with Crippen LogP contribution in [-0.2, 0) is 7.05 Å². The Balaban J connectivity index is 1.35. The average Bonchev–Trinajstić information content (AvgIpc) is 3.37. The van der Waals surface area contributed by atoms with E-state index < -0.39 is 11.6 Å². The zero-order valence-corrected chi connectivity index (χ0v) is 15.9. The van der Waals surface area contributed by atoms with E-state index in [4.69, 9.17) is 4.98 Å². The molecule has 8 heteroatoms. The van der Waals surface area contributed by atoms with Gasteiger partial charge in [-0.25, -0.2) is 23.7 Å². The molecule has 0 amide bonds. The molecular formula is C21H20F2N6. The molecular weight excluding hydrogens is 374 g/mol. The van der Waals surface area contributed by atoms with E-state index in [1.54, 1.807) is 12.4 Å². The van der Waals surface area contributed by atoms with Crippen LogP contribution in [0.4, 0.5) is 14.6 Å². The van der Waals surface area contributed by atoms with E-state index in [0.717, 1.165) is 54.7 Å². The first-order valence-electron chi connectivity index (χ1n) is 9.62. The minimum absolute atomic E-state index is 0.304. The first-order valence-corrected chi connectivity index (χ1v) is 9.62. The number of benzene rings is 1. The molecule has 4 heterocycles. The average molecular weight is 394 g/mol. The molecule has 1 N–H and O–H groups in total. The number of nitrogens with one attached hydrogen (secondary N) is 1. The van der Waals surface area contributed by atoms with Crippen molar-refractivity contribution < 1.29 is 8.78 Å². The van der Waals surface area contributed by atoms with Gasteiger partial charge in [0.05, 0.1) is 11.1 Å². The van der Waals surface area contributed by atoms with Crippen molar-refractivity contribution >= 4 is 16.9 Å². The van der Waals surface area contributed by atoms with Gasteiger partial charge in [0.25, 0.3) is 0 Å². The van der Waals surface area contributed by atoms with Crippen LogP contribution in [0.25, 0.3) is 22.3 Å². The second-order valence-corrected chi connectivity index (χ2v) is 7.42. The second-order valence-electron chi connectivity index (χ2n) is 7.42. The highest BCUT2D eigenvalue weighted by atomic mass is 19.2. The van der Waals surface area contributed by atoms with Crippen LogP contribution in [0.15, 0.2) is 43.0 Å². The number of anilines is 1. The Hall–Kier alpha value is -3.29. The largest absolute Gasteiger partial charge is 0.356 e. The van der Waals surface area contributed by atoms with Crippen molar-refractivity contribution in [1.82, 2.24) is 24.5 Å². The molecule has 1 saturated heterocycles. The number of fused-ring (bicyclic) bond motifs is 1. The highest BCUT2D eigenvalue weighted by Gasteiger charge is 2.26. The van der Waals surface area contributed by atoms with Gasteiger partial charge in [-0.3, -0.25) is 0 Å². The summed E-state index contributed by atoms with van der Waals surface area (Å²) in [5.74, 6) is 0.525. The van der Waals surface area contributed by atoms with Gasteiger partial charge in [-0.2, -0.15) is 0 Å². The van der Waals surface area contributed by atoms with E-state index in [-0.39, 0.29) is 0 Å². The van der Waals surface area contributed by atoms with Crippen molar-refractivity contribution in [2.45, 2.75) is 18.8 Å². The van der Waals surface area contributed by atoms with Crippen molar-refractivity contribution in [3.63, 3.8) is 0 Å². The fraction of sp³-hybridized carbons (Fsp3) is 0.286. The maximum absolute atomic E-state index is 13.6. The molecule has 1 fully saturated rings. The van der Waals surface area contributed by atoms with Crippen LogP contribution < -0.4 is 4.90 Å². The lowest BCUT2D eigenvalue weighted by Gasteiger charge is -2.32. The van der Waals surface area contributed by atoms with Gasteiger partial charge >= 0.3 is 0 Å². The predicted octanol–water partition coefficient (Wildman–Crippen LogP) is 4.02. The molecule has 1 aliphatic rings. The van der Waals surface area contributed by atoms with Crippen molar-refractivity contribution in [3.8, 4) is 11.3 Å². The number of aryl methyl sites for hydroxylation is 1. The number of aromatic amines is 1. The molecule has 0 aliphatic carbocycles. The molecule has 5 rings (SSSR count). The van der Waals surface area contributed by atoms with Crippen molar-refractivity contribution in [2.24, 2.45) is 7.05 Å². The highest BCUT2D eigenvalue weighted by Crippen LogP contribution is 2.33. The summed E-state index contributed by atoms with van der Waals surface area (Å²) in [5, 5.41) is 1.03. The lowest BCUT2D eigenvalue weighted by molar-refractivity contribution is 0.474. The summed E-state index contributed by atoms with van der Waals surface area (Å²) in [4.78, 5) is 18.9. The Labute approximate surface area is 166 Å². The van der Waals surface area contributed by atoms with Crippen LogP contribution in [-0.4, -0.2) is 37.6 Å². The van der Waals surface area contributed by atoms with Gasteiger partial charge in [0.1, 0.15) is 23.6 Å². The third-order valence-corrected chi connectivity index (χ3v) is 5.62. The molecule has 0 unspecified atom stereocenters. The van der Waals surface area contributed by atoms with Crippen LogP contribution in [0.2, 0.25) is 0 Å². The molecule has 1 aromatic carbocycles. The van der Waals surface area contributed by atoms with Crippen LogP contribution in [0.3, 0.4) is 0 Å². The Morgan fingerprint density at radius 1 is 1.07 bits per heavy atom. The van der Waals surface area contributed by atoms with Gasteiger partial charge < -0.3 is 14.5 Å². The molecule has 148 valence electrons. The molecule has 0 spiro atoms. The number of piperidine rings is 1. The number of halogens is 2. The predicted molar refractivity (Wildman–Crippen MR) is 107 cm³/mol. The summed E-state index contributed by atoms with van der Waals surface area (Å²) in [6, 6.07) is 5.90. The van der Waals surface area contributed by atoms with Crippen molar-refractivity contribution in [1.29, 1.82) is 0 Å². The van der Waals surface area contributed by atoms with E-state index in [2.05, 4.69) is 19.9 Å². The van der Waals surface area contributed by atoms with Crippen LogP contribution in [0.5, 0.6) is 0 Å². The molecule has 1 aliphatic heterocycles. The summed E-state index contributed by atoms with van der Waals surface area (Å²) in [6.07, 6.45) is 7.23. The first-order chi connectivity index (χ1) is 14.1. The molecule has 0 saturated carbocycles.